The van der Waals surface area contributed by atoms with Crippen molar-refractivity contribution < 1.29 is 18.7 Å². The molecule has 25 heavy (non-hydrogen) atoms. The number of hydrogen-bond acceptors (Lipinski definition) is 4. The molecular weight excluding hydrogens is 323 g/mol. The molecule has 1 N–H and O–H groups in total. The highest BCUT2D eigenvalue weighted by Crippen LogP contribution is 2.25. The number of hydrogen-bond donors (Lipinski definition) is 1. The van der Waals surface area contributed by atoms with Crippen molar-refractivity contribution in [3.05, 3.63) is 59.9 Å². The Labute approximate surface area is 147 Å². The number of amides is 1. The second-order valence-corrected chi connectivity index (χ2v) is 5.64. The molecule has 0 aliphatic rings. The van der Waals surface area contributed by atoms with E-state index < -0.39 is 0 Å². The number of likely N-dealkylation sites (N-methyl/N-ethyl adjacent to an activating group) is 1. The Bertz CT molecular complexity index is 677. The van der Waals surface area contributed by atoms with E-state index in [1.54, 1.807) is 19.2 Å². The molecule has 0 unspecified atom stereocenters. The Kier molecular flexibility index (Phi) is 7.22. The Balaban J connectivity index is 1.68. The summed E-state index contributed by atoms with van der Waals surface area (Å²) < 4.78 is 23.7. The number of carbonyl (C=O) groups is 1. The van der Waals surface area contributed by atoms with Gasteiger partial charge in [-0.2, -0.15) is 0 Å². The summed E-state index contributed by atoms with van der Waals surface area (Å²) in [5.41, 5.74) is 0.858. The molecule has 2 aromatic rings. The van der Waals surface area contributed by atoms with Crippen LogP contribution in [0.3, 0.4) is 0 Å². The molecule has 0 heterocycles. The Morgan fingerprint density at radius 3 is 2.48 bits per heavy atom. The van der Waals surface area contributed by atoms with Gasteiger partial charge in [0.15, 0.2) is 11.5 Å². The molecule has 6 heteroatoms. The van der Waals surface area contributed by atoms with E-state index in [4.69, 9.17) is 9.47 Å². The van der Waals surface area contributed by atoms with Crippen LogP contribution in [0.1, 0.15) is 5.56 Å². The first-order valence-electron chi connectivity index (χ1n) is 8.04. The van der Waals surface area contributed by atoms with Gasteiger partial charge in [-0.25, -0.2) is 4.39 Å². The van der Waals surface area contributed by atoms with Crippen molar-refractivity contribution in [3.8, 4) is 11.5 Å². The lowest BCUT2D eigenvalue weighted by Gasteiger charge is -2.17. The molecule has 0 atom stereocenters. The van der Waals surface area contributed by atoms with Crippen LogP contribution in [0.25, 0.3) is 0 Å². The number of carbonyl (C=O) groups excluding carboxylic acids is 1. The van der Waals surface area contributed by atoms with Crippen molar-refractivity contribution in [2.75, 3.05) is 33.9 Å². The Hall–Kier alpha value is -2.60. The molecule has 0 radical (unpaired) electrons. The number of halogens is 1. The Morgan fingerprint density at radius 2 is 1.80 bits per heavy atom. The zero-order valence-corrected chi connectivity index (χ0v) is 14.5. The number of methoxy groups -OCH3 is 1. The molecule has 0 aliphatic heterocycles. The van der Waals surface area contributed by atoms with Crippen molar-refractivity contribution >= 4 is 5.91 Å². The average molecular weight is 346 g/mol. The van der Waals surface area contributed by atoms with E-state index in [1.165, 1.54) is 12.1 Å². The van der Waals surface area contributed by atoms with Crippen LogP contribution in [-0.2, 0) is 11.3 Å². The summed E-state index contributed by atoms with van der Waals surface area (Å²) in [6.45, 7) is 1.69. The van der Waals surface area contributed by atoms with Gasteiger partial charge in [0.05, 0.1) is 13.7 Å². The van der Waals surface area contributed by atoms with Crippen LogP contribution >= 0.6 is 0 Å². The second-order valence-electron chi connectivity index (χ2n) is 5.64. The highest BCUT2D eigenvalue weighted by atomic mass is 19.1. The van der Waals surface area contributed by atoms with Gasteiger partial charge in [-0.3, -0.25) is 9.69 Å². The minimum Gasteiger partial charge on any atom is -0.493 e. The molecule has 0 aromatic heterocycles. The fourth-order valence-electron chi connectivity index (χ4n) is 2.23. The molecule has 5 nitrogen and oxygen atoms in total. The summed E-state index contributed by atoms with van der Waals surface area (Å²) in [6.07, 6.45) is 0. The third-order valence-electron chi connectivity index (χ3n) is 3.62. The number of ether oxygens (including phenoxy) is 2. The number of benzene rings is 2. The van der Waals surface area contributed by atoms with Gasteiger partial charge < -0.3 is 14.8 Å². The maximum absolute atomic E-state index is 12.8. The van der Waals surface area contributed by atoms with Gasteiger partial charge in [-0.1, -0.05) is 24.3 Å². The molecule has 0 fully saturated rings. The zero-order chi connectivity index (χ0) is 18.1. The molecule has 134 valence electrons. The van der Waals surface area contributed by atoms with Gasteiger partial charge in [0.25, 0.3) is 0 Å². The lowest BCUT2D eigenvalue weighted by Crippen LogP contribution is -2.36. The largest absolute Gasteiger partial charge is 0.493 e. The fourth-order valence-corrected chi connectivity index (χ4v) is 2.23. The molecule has 1 amide bonds. The van der Waals surface area contributed by atoms with Crippen LogP contribution in [0.4, 0.5) is 4.39 Å². The van der Waals surface area contributed by atoms with E-state index in [-0.39, 0.29) is 18.3 Å². The summed E-state index contributed by atoms with van der Waals surface area (Å²) in [5, 5.41) is 2.81. The van der Waals surface area contributed by atoms with E-state index in [1.807, 2.05) is 36.2 Å². The van der Waals surface area contributed by atoms with Crippen molar-refractivity contribution in [3.63, 3.8) is 0 Å². The monoisotopic (exact) mass is 346 g/mol. The summed E-state index contributed by atoms with van der Waals surface area (Å²) >= 11 is 0. The number of rotatable bonds is 9. The van der Waals surface area contributed by atoms with Crippen LogP contribution in [0.15, 0.2) is 48.5 Å². The minimum atomic E-state index is -0.287. The second kappa shape index (κ2) is 9.64. The predicted molar refractivity (Wildman–Crippen MR) is 94.2 cm³/mol. The van der Waals surface area contributed by atoms with Gasteiger partial charge in [-0.15, -0.1) is 0 Å². The number of nitrogens with zero attached hydrogens (tertiary/aromatic N) is 1. The van der Waals surface area contributed by atoms with Crippen LogP contribution in [-0.4, -0.2) is 44.7 Å². The molecule has 0 spiro atoms. The zero-order valence-electron chi connectivity index (χ0n) is 14.5. The first-order chi connectivity index (χ1) is 12.1. The van der Waals surface area contributed by atoms with Gasteiger partial charge in [0.1, 0.15) is 12.4 Å². The van der Waals surface area contributed by atoms with Crippen LogP contribution in [0, 0.1) is 5.82 Å². The summed E-state index contributed by atoms with van der Waals surface area (Å²) in [6, 6.07) is 13.5. The standard InChI is InChI=1S/C19H23FN2O3/c1-22(11-12-25-18-6-4-3-5-17(18)24-2)14-19(23)21-13-15-7-9-16(20)10-8-15/h3-10H,11-14H2,1-2H3,(H,21,23). The van der Waals surface area contributed by atoms with E-state index >= 15 is 0 Å². The molecule has 0 saturated carbocycles. The first-order valence-corrected chi connectivity index (χ1v) is 8.04. The van der Waals surface area contributed by atoms with Crippen LogP contribution in [0.2, 0.25) is 0 Å². The van der Waals surface area contributed by atoms with E-state index in [9.17, 15) is 9.18 Å². The fraction of sp³-hybridized carbons (Fsp3) is 0.316. The van der Waals surface area contributed by atoms with Crippen molar-refractivity contribution in [2.24, 2.45) is 0 Å². The lowest BCUT2D eigenvalue weighted by atomic mass is 10.2. The highest BCUT2D eigenvalue weighted by Gasteiger charge is 2.08. The molecule has 0 bridgehead atoms. The molecule has 0 saturated heterocycles. The van der Waals surface area contributed by atoms with Crippen molar-refractivity contribution in [2.45, 2.75) is 6.54 Å². The maximum Gasteiger partial charge on any atom is 0.234 e. The van der Waals surface area contributed by atoms with E-state index in [0.29, 0.717) is 31.2 Å². The minimum absolute atomic E-state index is 0.0934. The highest BCUT2D eigenvalue weighted by molar-refractivity contribution is 5.77. The van der Waals surface area contributed by atoms with Crippen LogP contribution in [0.5, 0.6) is 11.5 Å². The molecule has 2 rings (SSSR count). The summed E-state index contributed by atoms with van der Waals surface area (Å²) in [7, 11) is 3.45. The predicted octanol–water partition coefficient (Wildman–Crippen LogP) is 2.46. The quantitative estimate of drug-likeness (QED) is 0.758. The van der Waals surface area contributed by atoms with Crippen molar-refractivity contribution in [1.82, 2.24) is 10.2 Å². The Morgan fingerprint density at radius 1 is 1.12 bits per heavy atom. The van der Waals surface area contributed by atoms with Crippen molar-refractivity contribution in [1.29, 1.82) is 0 Å². The smallest absolute Gasteiger partial charge is 0.234 e. The molecular formula is C19H23FN2O3. The van der Waals surface area contributed by atoms with Gasteiger partial charge in [-0.05, 0) is 36.9 Å². The lowest BCUT2D eigenvalue weighted by molar-refractivity contribution is -0.122. The molecule has 0 aliphatic carbocycles. The van der Waals surface area contributed by atoms with Gasteiger partial charge in [0, 0.05) is 13.1 Å². The SMILES string of the molecule is COc1ccccc1OCCN(C)CC(=O)NCc1ccc(F)cc1. The summed E-state index contributed by atoms with van der Waals surface area (Å²) in [4.78, 5) is 13.8. The van der Waals surface area contributed by atoms with Gasteiger partial charge in [0.2, 0.25) is 5.91 Å². The van der Waals surface area contributed by atoms with Gasteiger partial charge >= 0.3 is 0 Å². The number of nitrogens with one attached hydrogen (secondary N) is 1. The van der Waals surface area contributed by atoms with E-state index in [2.05, 4.69) is 5.32 Å². The average Bonchev–Trinajstić information content (AvgIpc) is 2.61. The van der Waals surface area contributed by atoms with E-state index in [0.717, 1.165) is 5.56 Å². The third kappa shape index (κ3) is 6.43. The third-order valence-corrected chi connectivity index (χ3v) is 3.62. The number of para-hydroxylation sites is 2. The first kappa shape index (κ1) is 18.7. The molecule has 2 aromatic carbocycles. The topological polar surface area (TPSA) is 50.8 Å². The maximum atomic E-state index is 12.8. The van der Waals surface area contributed by atoms with Crippen LogP contribution < -0.4 is 14.8 Å². The summed E-state index contributed by atoms with van der Waals surface area (Å²) in [5.74, 6) is 0.982. The normalized spacial score (nSPS) is 10.6.